The van der Waals surface area contributed by atoms with E-state index >= 15 is 0 Å². The summed E-state index contributed by atoms with van der Waals surface area (Å²) in [7, 11) is 0. The molecular weight excluding hydrogens is 182 g/mol. The Kier molecular flexibility index (Phi) is 5.66. The monoisotopic (exact) mass is 211 g/mol. The lowest BCUT2D eigenvalue weighted by atomic mass is 9.69. The number of rotatable bonds is 5. The van der Waals surface area contributed by atoms with Crippen LogP contribution in [0.1, 0.15) is 59.8 Å². The van der Waals surface area contributed by atoms with Crippen LogP contribution in [0.2, 0.25) is 0 Å². The third-order valence-electron chi connectivity index (χ3n) is 4.19. The van der Waals surface area contributed by atoms with E-state index in [1.807, 2.05) is 0 Å². The fourth-order valence-electron chi connectivity index (χ4n) is 3.38. The van der Waals surface area contributed by atoms with Gasteiger partial charge in [0.2, 0.25) is 0 Å². The molecule has 0 bridgehead atoms. The van der Waals surface area contributed by atoms with Gasteiger partial charge in [0.15, 0.2) is 0 Å². The molecule has 0 amide bonds. The van der Waals surface area contributed by atoms with Gasteiger partial charge in [0, 0.05) is 6.04 Å². The zero-order valence-electron chi connectivity index (χ0n) is 11.1. The molecule has 1 N–H and O–H groups in total. The molecule has 1 aliphatic rings. The Morgan fingerprint density at radius 1 is 1.13 bits per heavy atom. The van der Waals surface area contributed by atoms with Gasteiger partial charge < -0.3 is 5.32 Å². The maximum Gasteiger partial charge on any atom is 0.00977 e. The molecule has 1 saturated carbocycles. The first kappa shape index (κ1) is 13.0. The van der Waals surface area contributed by atoms with Crippen molar-refractivity contribution < 1.29 is 0 Å². The Morgan fingerprint density at radius 3 is 2.20 bits per heavy atom. The van der Waals surface area contributed by atoms with Crippen molar-refractivity contribution in [3.8, 4) is 0 Å². The van der Waals surface area contributed by atoms with Gasteiger partial charge >= 0.3 is 0 Å². The summed E-state index contributed by atoms with van der Waals surface area (Å²) in [6.45, 7) is 10.7. The third-order valence-corrected chi connectivity index (χ3v) is 4.19. The van der Waals surface area contributed by atoms with Gasteiger partial charge in [0.25, 0.3) is 0 Å². The van der Waals surface area contributed by atoms with E-state index in [-0.39, 0.29) is 0 Å². The quantitative estimate of drug-likeness (QED) is 0.728. The van der Waals surface area contributed by atoms with Crippen molar-refractivity contribution in [2.45, 2.75) is 65.8 Å². The number of hydrogen-bond acceptors (Lipinski definition) is 1. The summed E-state index contributed by atoms with van der Waals surface area (Å²) in [5.74, 6) is 2.75. The zero-order chi connectivity index (χ0) is 11.3. The summed E-state index contributed by atoms with van der Waals surface area (Å²) < 4.78 is 0. The van der Waals surface area contributed by atoms with Crippen molar-refractivity contribution in [1.82, 2.24) is 5.32 Å². The lowest BCUT2D eigenvalue weighted by Gasteiger charge is -2.40. The molecule has 0 aromatic rings. The Balaban J connectivity index is 2.54. The Hall–Kier alpha value is -0.0400. The molecule has 0 aliphatic heterocycles. The van der Waals surface area contributed by atoms with Gasteiger partial charge in [-0.15, -0.1) is 0 Å². The van der Waals surface area contributed by atoms with Crippen molar-refractivity contribution in [1.29, 1.82) is 0 Å². The van der Waals surface area contributed by atoms with Crippen LogP contribution in [-0.4, -0.2) is 12.6 Å². The Labute approximate surface area is 96.0 Å². The largest absolute Gasteiger partial charge is 0.314 e. The first-order valence-corrected chi connectivity index (χ1v) is 6.94. The van der Waals surface area contributed by atoms with Gasteiger partial charge in [0.1, 0.15) is 0 Å². The molecule has 0 radical (unpaired) electrons. The number of hydrogen-bond donors (Lipinski definition) is 1. The van der Waals surface area contributed by atoms with Crippen LogP contribution in [0.3, 0.4) is 0 Å². The molecule has 1 nitrogen and oxygen atoms in total. The fourth-order valence-corrected chi connectivity index (χ4v) is 3.38. The van der Waals surface area contributed by atoms with Crippen LogP contribution in [0.15, 0.2) is 0 Å². The van der Waals surface area contributed by atoms with Crippen molar-refractivity contribution in [2.75, 3.05) is 6.54 Å². The van der Waals surface area contributed by atoms with E-state index in [1.165, 1.54) is 38.6 Å². The number of nitrogens with one attached hydrogen (secondary N) is 1. The van der Waals surface area contributed by atoms with E-state index in [4.69, 9.17) is 0 Å². The van der Waals surface area contributed by atoms with E-state index in [9.17, 15) is 0 Å². The molecule has 1 fully saturated rings. The van der Waals surface area contributed by atoms with Crippen LogP contribution >= 0.6 is 0 Å². The maximum absolute atomic E-state index is 3.75. The summed E-state index contributed by atoms with van der Waals surface area (Å²) in [5.41, 5.74) is 0. The lowest BCUT2D eigenvalue weighted by Crippen LogP contribution is -2.43. The lowest BCUT2D eigenvalue weighted by molar-refractivity contribution is 0.128. The van der Waals surface area contributed by atoms with Gasteiger partial charge in [-0.25, -0.2) is 0 Å². The molecule has 15 heavy (non-hydrogen) atoms. The highest BCUT2D eigenvalue weighted by atomic mass is 14.9. The maximum atomic E-state index is 3.75. The van der Waals surface area contributed by atoms with Gasteiger partial charge in [-0.2, -0.15) is 0 Å². The van der Waals surface area contributed by atoms with E-state index in [2.05, 4.69) is 33.0 Å². The van der Waals surface area contributed by atoms with E-state index < -0.39 is 0 Å². The predicted octanol–water partition coefficient (Wildman–Crippen LogP) is 3.84. The molecule has 3 unspecified atom stereocenters. The molecule has 3 atom stereocenters. The van der Waals surface area contributed by atoms with Crippen molar-refractivity contribution in [2.24, 2.45) is 17.8 Å². The first-order chi connectivity index (χ1) is 7.20. The topological polar surface area (TPSA) is 12.0 Å². The first-order valence-electron chi connectivity index (χ1n) is 6.94. The molecule has 0 aromatic carbocycles. The predicted molar refractivity (Wildman–Crippen MR) is 68.0 cm³/mol. The molecule has 0 aromatic heterocycles. The van der Waals surface area contributed by atoms with Gasteiger partial charge in [0.05, 0.1) is 0 Å². The highest BCUT2D eigenvalue weighted by Gasteiger charge is 2.32. The van der Waals surface area contributed by atoms with Gasteiger partial charge in [-0.1, -0.05) is 47.0 Å². The molecule has 0 spiro atoms. The van der Waals surface area contributed by atoms with E-state index in [0.29, 0.717) is 0 Å². The molecule has 1 rings (SSSR count). The smallest absolute Gasteiger partial charge is 0.00977 e. The second-order valence-corrected chi connectivity index (χ2v) is 5.43. The standard InChI is InChI=1S/C14H29N/c1-5-10-15-13(6-2)14-11(3)8-7-9-12(14)4/h11-15H,5-10H2,1-4H3. The summed E-state index contributed by atoms with van der Waals surface area (Å²) >= 11 is 0. The third kappa shape index (κ3) is 3.48. The molecule has 1 heteroatoms. The molecule has 90 valence electrons. The molecule has 1 aliphatic carbocycles. The van der Waals surface area contributed by atoms with Crippen molar-refractivity contribution >= 4 is 0 Å². The van der Waals surface area contributed by atoms with E-state index in [0.717, 1.165) is 23.8 Å². The Bertz CT molecular complexity index is 157. The van der Waals surface area contributed by atoms with Crippen LogP contribution < -0.4 is 5.32 Å². The summed E-state index contributed by atoms with van der Waals surface area (Å²) in [6, 6.07) is 0.759. The summed E-state index contributed by atoms with van der Waals surface area (Å²) in [6.07, 6.45) is 6.88. The minimum atomic E-state index is 0.759. The Morgan fingerprint density at radius 2 is 1.73 bits per heavy atom. The minimum Gasteiger partial charge on any atom is -0.314 e. The SMILES string of the molecule is CCCNC(CC)C1C(C)CCCC1C. The van der Waals surface area contributed by atoms with Crippen LogP contribution in [0.4, 0.5) is 0 Å². The summed E-state index contributed by atoms with van der Waals surface area (Å²) in [4.78, 5) is 0. The molecule has 0 heterocycles. The highest BCUT2D eigenvalue weighted by molar-refractivity contribution is 4.86. The van der Waals surface area contributed by atoms with E-state index in [1.54, 1.807) is 0 Å². The molecular formula is C14H29N. The van der Waals surface area contributed by atoms with Crippen LogP contribution in [0, 0.1) is 17.8 Å². The van der Waals surface area contributed by atoms with Crippen LogP contribution in [0.5, 0.6) is 0 Å². The average Bonchev–Trinajstić information content (AvgIpc) is 2.22. The second-order valence-electron chi connectivity index (χ2n) is 5.43. The second kappa shape index (κ2) is 6.52. The van der Waals surface area contributed by atoms with Crippen molar-refractivity contribution in [3.05, 3.63) is 0 Å². The summed E-state index contributed by atoms with van der Waals surface area (Å²) in [5, 5.41) is 3.75. The van der Waals surface area contributed by atoms with Crippen LogP contribution in [0.25, 0.3) is 0 Å². The minimum absolute atomic E-state index is 0.759. The van der Waals surface area contributed by atoms with Gasteiger partial charge in [-0.05, 0) is 37.1 Å². The van der Waals surface area contributed by atoms with Crippen molar-refractivity contribution in [3.63, 3.8) is 0 Å². The molecule has 0 saturated heterocycles. The normalized spacial score (nSPS) is 34.0. The average molecular weight is 211 g/mol. The van der Waals surface area contributed by atoms with Crippen LogP contribution in [-0.2, 0) is 0 Å². The van der Waals surface area contributed by atoms with Gasteiger partial charge in [-0.3, -0.25) is 0 Å². The highest BCUT2D eigenvalue weighted by Crippen LogP contribution is 2.37. The zero-order valence-corrected chi connectivity index (χ0v) is 11.1. The fraction of sp³-hybridized carbons (Fsp3) is 1.00.